The van der Waals surface area contributed by atoms with Gasteiger partial charge in [0.25, 0.3) is 5.91 Å². The van der Waals surface area contributed by atoms with E-state index >= 15 is 0 Å². The van der Waals surface area contributed by atoms with Gasteiger partial charge in [-0.25, -0.2) is 4.99 Å². The highest BCUT2D eigenvalue weighted by molar-refractivity contribution is 14.0. The molecule has 0 spiro atoms. The third kappa shape index (κ3) is 5.50. The van der Waals surface area contributed by atoms with Crippen molar-refractivity contribution < 1.29 is 9.59 Å². The summed E-state index contributed by atoms with van der Waals surface area (Å²) in [7, 11) is 0. The summed E-state index contributed by atoms with van der Waals surface area (Å²) in [6.07, 6.45) is 0. The molecule has 0 atom stereocenters. The molecule has 0 aliphatic carbocycles. The number of carbonyl (C=O) groups is 2. The standard InChI is InChI=1S/C17H23N5O2S.HI/c18-17(21-7-9-25-10-8-21)20-11-13-1-3-14(4-2-13)16(24)22-6-5-19-15(23)12-22;/h1-4H,5-12H2,(H2,18,20)(H,19,23);1H. The molecule has 1 aromatic carbocycles. The van der Waals surface area contributed by atoms with E-state index in [0.29, 0.717) is 31.2 Å². The first kappa shape index (κ1) is 20.8. The summed E-state index contributed by atoms with van der Waals surface area (Å²) >= 11 is 1.93. The second-order valence-electron chi connectivity index (χ2n) is 6.05. The number of hydrogen-bond acceptors (Lipinski definition) is 4. The molecule has 0 aromatic heterocycles. The zero-order valence-corrected chi connectivity index (χ0v) is 17.7. The molecule has 7 nitrogen and oxygen atoms in total. The normalized spacial score (nSPS) is 18.2. The van der Waals surface area contributed by atoms with E-state index in [9.17, 15) is 9.59 Å². The molecule has 2 saturated heterocycles. The SMILES string of the molecule is I.NC(=NCc1ccc(C(=O)N2CCNC(=O)C2)cc1)N1CCSCC1. The van der Waals surface area contributed by atoms with Crippen LogP contribution in [0.1, 0.15) is 15.9 Å². The van der Waals surface area contributed by atoms with Crippen LogP contribution in [0.25, 0.3) is 0 Å². The summed E-state index contributed by atoms with van der Waals surface area (Å²) in [5.41, 5.74) is 7.64. The minimum atomic E-state index is -0.116. The number of halogens is 1. The maximum absolute atomic E-state index is 12.4. The van der Waals surface area contributed by atoms with Crippen LogP contribution in [0.4, 0.5) is 0 Å². The van der Waals surface area contributed by atoms with Crippen LogP contribution >= 0.6 is 35.7 Å². The van der Waals surface area contributed by atoms with Crippen molar-refractivity contribution in [3.05, 3.63) is 35.4 Å². The van der Waals surface area contributed by atoms with E-state index in [1.54, 1.807) is 17.0 Å². The van der Waals surface area contributed by atoms with E-state index in [-0.39, 0.29) is 42.3 Å². The van der Waals surface area contributed by atoms with Gasteiger partial charge in [0.2, 0.25) is 5.91 Å². The van der Waals surface area contributed by atoms with Crippen molar-refractivity contribution in [2.24, 2.45) is 10.7 Å². The molecule has 0 bridgehead atoms. The zero-order valence-electron chi connectivity index (χ0n) is 14.5. The average molecular weight is 489 g/mol. The lowest BCUT2D eigenvalue weighted by atomic mass is 10.1. The van der Waals surface area contributed by atoms with Gasteiger partial charge >= 0.3 is 0 Å². The molecule has 2 fully saturated rings. The second kappa shape index (κ2) is 10.0. The van der Waals surface area contributed by atoms with Gasteiger partial charge in [-0.05, 0) is 17.7 Å². The van der Waals surface area contributed by atoms with Gasteiger partial charge in [-0.15, -0.1) is 24.0 Å². The molecule has 2 heterocycles. The number of guanidine groups is 1. The molecular weight excluding hydrogens is 465 g/mol. The molecule has 9 heteroatoms. The molecule has 0 saturated carbocycles. The first-order valence-electron chi connectivity index (χ1n) is 8.41. The number of amides is 2. The number of piperazine rings is 1. The van der Waals surface area contributed by atoms with Crippen molar-refractivity contribution in [3.8, 4) is 0 Å². The van der Waals surface area contributed by atoms with E-state index in [1.807, 2.05) is 23.9 Å². The van der Waals surface area contributed by atoms with E-state index < -0.39 is 0 Å². The predicted octanol–water partition coefficient (Wildman–Crippen LogP) is 0.740. The Labute approximate surface area is 174 Å². The Hall–Kier alpha value is -1.49. The Morgan fingerprint density at radius 2 is 1.85 bits per heavy atom. The van der Waals surface area contributed by atoms with Gasteiger partial charge < -0.3 is 20.9 Å². The van der Waals surface area contributed by atoms with Gasteiger partial charge in [0.15, 0.2) is 5.96 Å². The summed E-state index contributed by atoms with van der Waals surface area (Å²) in [6, 6.07) is 7.35. The van der Waals surface area contributed by atoms with Crippen LogP contribution in [0.2, 0.25) is 0 Å². The van der Waals surface area contributed by atoms with E-state index in [0.717, 1.165) is 30.2 Å². The molecule has 2 aliphatic rings. The molecule has 26 heavy (non-hydrogen) atoms. The molecule has 142 valence electrons. The molecule has 2 amide bonds. The minimum absolute atomic E-state index is 0. The molecule has 0 radical (unpaired) electrons. The number of nitrogens with two attached hydrogens (primary N) is 1. The second-order valence-corrected chi connectivity index (χ2v) is 7.27. The number of hydrogen-bond donors (Lipinski definition) is 2. The van der Waals surface area contributed by atoms with Crippen molar-refractivity contribution in [2.45, 2.75) is 6.54 Å². The summed E-state index contributed by atoms with van der Waals surface area (Å²) < 4.78 is 0. The van der Waals surface area contributed by atoms with Gasteiger partial charge in [0, 0.05) is 43.2 Å². The average Bonchev–Trinajstić information content (AvgIpc) is 2.66. The Balaban J connectivity index is 0.00000243. The number of rotatable bonds is 3. The van der Waals surface area contributed by atoms with Crippen molar-refractivity contribution in [2.75, 3.05) is 44.2 Å². The van der Waals surface area contributed by atoms with Crippen molar-refractivity contribution in [1.29, 1.82) is 0 Å². The Kier molecular flexibility index (Phi) is 8.01. The molecule has 3 N–H and O–H groups in total. The number of nitrogens with zero attached hydrogens (tertiary/aromatic N) is 3. The first-order chi connectivity index (χ1) is 12.1. The van der Waals surface area contributed by atoms with Gasteiger partial charge in [0.05, 0.1) is 13.1 Å². The quantitative estimate of drug-likeness (QED) is 0.372. The molecule has 1 aromatic rings. The Morgan fingerprint density at radius 1 is 1.15 bits per heavy atom. The van der Waals surface area contributed by atoms with Crippen LogP contribution in [0.15, 0.2) is 29.3 Å². The van der Waals surface area contributed by atoms with Crippen molar-refractivity contribution in [3.63, 3.8) is 0 Å². The molecule has 2 aliphatic heterocycles. The van der Waals surface area contributed by atoms with Gasteiger partial charge in [-0.1, -0.05) is 12.1 Å². The van der Waals surface area contributed by atoms with Crippen molar-refractivity contribution >= 4 is 53.5 Å². The third-order valence-electron chi connectivity index (χ3n) is 4.29. The number of aliphatic imine (C=N–C) groups is 1. The van der Waals surface area contributed by atoms with E-state index in [4.69, 9.17) is 5.73 Å². The Morgan fingerprint density at radius 3 is 2.50 bits per heavy atom. The monoisotopic (exact) mass is 489 g/mol. The van der Waals surface area contributed by atoms with E-state index in [1.165, 1.54) is 0 Å². The lowest BCUT2D eigenvalue weighted by molar-refractivity contribution is -0.123. The number of thioether (sulfide) groups is 1. The summed E-state index contributed by atoms with van der Waals surface area (Å²) in [5, 5.41) is 2.72. The van der Waals surface area contributed by atoms with Gasteiger partial charge in [-0.2, -0.15) is 11.8 Å². The summed E-state index contributed by atoms with van der Waals surface area (Å²) in [5.74, 6) is 2.52. The Bertz CT molecular complexity index is 662. The highest BCUT2D eigenvalue weighted by Gasteiger charge is 2.22. The fourth-order valence-electron chi connectivity index (χ4n) is 2.81. The maximum atomic E-state index is 12.4. The minimum Gasteiger partial charge on any atom is -0.370 e. The van der Waals surface area contributed by atoms with Crippen LogP contribution in [-0.2, 0) is 11.3 Å². The van der Waals surface area contributed by atoms with Gasteiger partial charge in [-0.3, -0.25) is 9.59 Å². The fraction of sp³-hybridized carbons (Fsp3) is 0.471. The third-order valence-corrected chi connectivity index (χ3v) is 5.23. The number of benzene rings is 1. The van der Waals surface area contributed by atoms with Crippen LogP contribution < -0.4 is 11.1 Å². The lowest BCUT2D eigenvalue weighted by Crippen LogP contribution is -2.49. The largest absolute Gasteiger partial charge is 0.370 e. The van der Waals surface area contributed by atoms with Crippen LogP contribution in [0, 0.1) is 0 Å². The smallest absolute Gasteiger partial charge is 0.254 e. The highest BCUT2D eigenvalue weighted by atomic mass is 127. The van der Waals surface area contributed by atoms with Crippen molar-refractivity contribution in [1.82, 2.24) is 15.1 Å². The number of nitrogens with one attached hydrogen (secondary N) is 1. The van der Waals surface area contributed by atoms with Crippen LogP contribution in [0.5, 0.6) is 0 Å². The maximum Gasteiger partial charge on any atom is 0.254 e. The number of carbonyl (C=O) groups excluding carboxylic acids is 2. The van der Waals surface area contributed by atoms with Crippen LogP contribution in [-0.4, -0.2) is 71.8 Å². The predicted molar refractivity (Wildman–Crippen MR) is 115 cm³/mol. The molecular formula is C17H24IN5O2S. The summed E-state index contributed by atoms with van der Waals surface area (Å²) in [6.45, 7) is 3.55. The first-order valence-corrected chi connectivity index (χ1v) is 9.56. The topological polar surface area (TPSA) is 91.0 Å². The highest BCUT2D eigenvalue weighted by Crippen LogP contribution is 2.11. The lowest BCUT2D eigenvalue weighted by Gasteiger charge is -2.27. The fourth-order valence-corrected chi connectivity index (χ4v) is 3.72. The molecule has 0 unspecified atom stereocenters. The van der Waals surface area contributed by atoms with Gasteiger partial charge in [0.1, 0.15) is 0 Å². The zero-order chi connectivity index (χ0) is 17.6. The van der Waals surface area contributed by atoms with E-state index in [2.05, 4.69) is 15.2 Å². The summed E-state index contributed by atoms with van der Waals surface area (Å²) in [4.78, 5) is 32.0. The van der Waals surface area contributed by atoms with Crippen LogP contribution in [0.3, 0.4) is 0 Å². The molecule has 3 rings (SSSR count).